The molecule has 1 aromatic heterocycles. The minimum Gasteiger partial charge on any atom is -0.468 e. The Hall–Kier alpha value is -0.980. The van der Waals surface area contributed by atoms with Crippen LogP contribution in [0, 0.1) is 12.8 Å². The lowest BCUT2D eigenvalue weighted by atomic mass is 9.95. The van der Waals surface area contributed by atoms with Gasteiger partial charge in [0.1, 0.15) is 5.76 Å². The average molecular weight is 148 g/mol. The molecule has 58 valence electrons. The summed E-state index contributed by atoms with van der Waals surface area (Å²) in [7, 11) is 0. The summed E-state index contributed by atoms with van der Waals surface area (Å²) in [5.41, 5.74) is 2.55. The molecule has 1 aliphatic carbocycles. The highest BCUT2D eigenvalue weighted by Crippen LogP contribution is 2.26. The molecule has 0 saturated carbocycles. The van der Waals surface area contributed by atoms with E-state index in [9.17, 15) is 0 Å². The van der Waals surface area contributed by atoms with Crippen molar-refractivity contribution >= 4 is 6.08 Å². The van der Waals surface area contributed by atoms with Crippen LogP contribution in [0.15, 0.2) is 16.8 Å². The third-order valence-electron chi connectivity index (χ3n) is 2.20. The summed E-state index contributed by atoms with van der Waals surface area (Å²) in [5, 5.41) is 0. The van der Waals surface area contributed by atoms with Crippen LogP contribution in [-0.2, 0) is 6.42 Å². The van der Waals surface area contributed by atoms with Crippen molar-refractivity contribution in [1.82, 2.24) is 0 Å². The zero-order chi connectivity index (χ0) is 7.84. The van der Waals surface area contributed by atoms with E-state index in [0.29, 0.717) is 5.92 Å². The van der Waals surface area contributed by atoms with E-state index in [1.165, 1.54) is 11.1 Å². The Bertz CT molecular complexity index is 294. The SMILES string of the molecule is Cc1coc2c1C=CC(C)C2. The number of allylic oxidation sites excluding steroid dienone is 1. The van der Waals surface area contributed by atoms with Gasteiger partial charge in [0.25, 0.3) is 0 Å². The van der Waals surface area contributed by atoms with E-state index in [2.05, 4.69) is 26.0 Å². The summed E-state index contributed by atoms with van der Waals surface area (Å²) in [4.78, 5) is 0. The fraction of sp³-hybridized carbons (Fsp3) is 0.400. The normalized spacial score (nSPS) is 21.8. The summed E-state index contributed by atoms with van der Waals surface area (Å²) in [6, 6.07) is 0. The second-order valence-electron chi connectivity index (χ2n) is 3.30. The minimum absolute atomic E-state index is 0.632. The lowest BCUT2D eigenvalue weighted by Gasteiger charge is -2.09. The largest absolute Gasteiger partial charge is 0.468 e. The first kappa shape index (κ1) is 6.71. The molecule has 0 bridgehead atoms. The quantitative estimate of drug-likeness (QED) is 0.551. The maximum Gasteiger partial charge on any atom is 0.111 e. The molecule has 1 aliphatic rings. The Labute approximate surface area is 66.7 Å². The van der Waals surface area contributed by atoms with E-state index in [4.69, 9.17) is 4.42 Å². The van der Waals surface area contributed by atoms with Gasteiger partial charge in [0, 0.05) is 12.0 Å². The van der Waals surface area contributed by atoms with E-state index in [-0.39, 0.29) is 0 Å². The molecule has 2 rings (SSSR count). The molecule has 1 atom stereocenters. The summed E-state index contributed by atoms with van der Waals surface area (Å²) in [6.07, 6.45) is 7.31. The molecule has 0 radical (unpaired) electrons. The molecule has 0 fully saturated rings. The highest BCUT2D eigenvalue weighted by Gasteiger charge is 2.14. The topological polar surface area (TPSA) is 13.1 Å². The van der Waals surface area contributed by atoms with Gasteiger partial charge in [-0.25, -0.2) is 0 Å². The third kappa shape index (κ3) is 1.01. The Morgan fingerprint density at radius 2 is 2.36 bits per heavy atom. The number of hydrogen-bond donors (Lipinski definition) is 0. The lowest BCUT2D eigenvalue weighted by molar-refractivity contribution is 0.482. The Balaban J connectivity index is 2.48. The molecule has 1 unspecified atom stereocenters. The van der Waals surface area contributed by atoms with Gasteiger partial charge in [-0.3, -0.25) is 0 Å². The van der Waals surface area contributed by atoms with Crippen molar-refractivity contribution in [3.8, 4) is 0 Å². The van der Waals surface area contributed by atoms with E-state index in [1.807, 2.05) is 6.26 Å². The highest BCUT2D eigenvalue weighted by atomic mass is 16.3. The Kier molecular flexibility index (Phi) is 1.38. The van der Waals surface area contributed by atoms with Crippen LogP contribution in [0.3, 0.4) is 0 Å². The molecule has 1 heteroatoms. The summed E-state index contributed by atoms with van der Waals surface area (Å²) in [6.45, 7) is 4.29. The van der Waals surface area contributed by atoms with Gasteiger partial charge in [-0.2, -0.15) is 0 Å². The van der Waals surface area contributed by atoms with Crippen LogP contribution in [0.1, 0.15) is 23.8 Å². The van der Waals surface area contributed by atoms with Crippen molar-refractivity contribution in [2.75, 3.05) is 0 Å². The molecule has 0 spiro atoms. The van der Waals surface area contributed by atoms with E-state index < -0.39 is 0 Å². The van der Waals surface area contributed by atoms with Gasteiger partial charge in [0.2, 0.25) is 0 Å². The molecule has 11 heavy (non-hydrogen) atoms. The minimum atomic E-state index is 0.632. The van der Waals surface area contributed by atoms with Crippen LogP contribution in [-0.4, -0.2) is 0 Å². The predicted octanol–water partition coefficient (Wildman–Crippen LogP) is 2.79. The number of rotatable bonds is 0. The molecule has 0 N–H and O–H groups in total. The first-order chi connectivity index (χ1) is 5.27. The van der Waals surface area contributed by atoms with Gasteiger partial charge >= 0.3 is 0 Å². The van der Waals surface area contributed by atoms with Crippen LogP contribution in [0.25, 0.3) is 6.08 Å². The first-order valence-electron chi connectivity index (χ1n) is 4.02. The van der Waals surface area contributed by atoms with Crippen molar-refractivity contribution < 1.29 is 4.42 Å². The monoisotopic (exact) mass is 148 g/mol. The van der Waals surface area contributed by atoms with Crippen LogP contribution in [0.5, 0.6) is 0 Å². The number of hydrogen-bond acceptors (Lipinski definition) is 1. The molecular formula is C10H12O. The number of furan rings is 1. The molecule has 1 nitrogen and oxygen atoms in total. The number of fused-ring (bicyclic) bond motifs is 1. The molecule has 0 amide bonds. The second kappa shape index (κ2) is 2.26. The molecular weight excluding hydrogens is 136 g/mol. The molecule has 0 aromatic carbocycles. The lowest BCUT2D eigenvalue weighted by Crippen LogP contribution is -2.00. The molecule has 0 aliphatic heterocycles. The van der Waals surface area contributed by atoms with Crippen LogP contribution in [0.2, 0.25) is 0 Å². The second-order valence-corrected chi connectivity index (χ2v) is 3.30. The van der Waals surface area contributed by atoms with Gasteiger partial charge in [0.05, 0.1) is 6.26 Å². The maximum atomic E-state index is 5.41. The average Bonchev–Trinajstić information content (AvgIpc) is 2.32. The van der Waals surface area contributed by atoms with Crippen molar-refractivity contribution in [3.63, 3.8) is 0 Å². The van der Waals surface area contributed by atoms with Gasteiger partial charge in [-0.1, -0.05) is 19.1 Å². The van der Waals surface area contributed by atoms with Crippen molar-refractivity contribution in [3.05, 3.63) is 29.2 Å². The Morgan fingerprint density at radius 1 is 1.55 bits per heavy atom. The van der Waals surface area contributed by atoms with Gasteiger partial charge < -0.3 is 4.42 Å². The van der Waals surface area contributed by atoms with Crippen LogP contribution < -0.4 is 0 Å². The summed E-state index contributed by atoms with van der Waals surface area (Å²) in [5.74, 6) is 1.78. The summed E-state index contributed by atoms with van der Waals surface area (Å²) < 4.78 is 5.41. The smallest absolute Gasteiger partial charge is 0.111 e. The summed E-state index contributed by atoms with van der Waals surface area (Å²) >= 11 is 0. The molecule has 1 heterocycles. The zero-order valence-electron chi connectivity index (χ0n) is 6.92. The highest BCUT2D eigenvalue weighted by molar-refractivity contribution is 5.57. The standard InChI is InChI=1S/C10H12O/c1-7-3-4-9-8(2)6-11-10(9)5-7/h3-4,6-7H,5H2,1-2H3. The maximum absolute atomic E-state index is 5.41. The van der Waals surface area contributed by atoms with Crippen molar-refractivity contribution in [2.24, 2.45) is 5.92 Å². The van der Waals surface area contributed by atoms with E-state index >= 15 is 0 Å². The van der Waals surface area contributed by atoms with Crippen LogP contribution in [0.4, 0.5) is 0 Å². The van der Waals surface area contributed by atoms with Gasteiger partial charge in [-0.15, -0.1) is 0 Å². The van der Waals surface area contributed by atoms with E-state index in [1.54, 1.807) is 0 Å². The van der Waals surface area contributed by atoms with Crippen molar-refractivity contribution in [1.29, 1.82) is 0 Å². The van der Waals surface area contributed by atoms with E-state index in [0.717, 1.165) is 12.2 Å². The fourth-order valence-corrected chi connectivity index (χ4v) is 1.51. The van der Waals surface area contributed by atoms with Crippen molar-refractivity contribution in [2.45, 2.75) is 20.3 Å². The van der Waals surface area contributed by atoms with Gasteiger partial charge in [-0.05, 0) is 18.4 Å². The number of aryl methyl sites for hydroxylation is 1. The predicted molar refractivity (Wildman–Crippen MR) is 45.3 cm³/mol. The van der Waals surface area contributed by atoms with Gasteiger partial charge in [0.15, 0.2) is 0 Å². The third-order valence-corrected chi connectivity index (χ3v) is 2.20. The molecule has 0 saturated heterocycles. The zero-order valence-corrected chi connectivity index (χ0v) is 6.92. The fourth-order valence-electron chi connectivity index (χ4n) is 1.51. The Morgan fingerprint density at radius 3 is 3.18 bits per heavy atom. The first-order valence-corrected chi connectivity index (χ1v) is 4.02. The van der Waals surface area contributed by atoms with Crippen LogP contribution >= 0.6 is 0 Å². The molecule has 1 aromatic rings.